The second-order valence-corrected chi connectivity index (χ2v) is 5.16. The Morgan fingerprint density at radius 3 is 2.61 bits per heavy atom. The van der Waals surface area contributed by atoms with Crippen LogP contribution in [0.25, 0.3) is 0 Å². The molecule has 0 fully saturated rings. The van der Waals surface area contributed by atoms with E-state index >= 15 is 0 Å². The fourth-order valence-corrected chi connectivity index (χ4v) is 2.15. The van der Waals surface area contributed by atoms with E-state index in [0.717, 1.165) is 5.56 Å². The average molecular weight is 329 g/mol. The second-order valence-electron chi connectivity index (χ2n) is 4.72. The molecule has 0 saturated carbocycles. The smallest absolute Gasteiger partial charge is 0.273 e. The van der Waals surface area contributed by atoms with Gasteiger partial charge >= 0.3 is 0 Å². The summed E-state index contributed by atoms with van der Waals surface area (Å²) in [5.74, 6) is 0.0826. The molecule has 6 nitrogen and oxygen atoms in total. The standard InChI is InChI=1S/C16H13ClN4O2/c17-13-6-7-15(23-9-12-4-2-1-3-5-12)14(8-13)16(22)20-21-10-18-19-11-21/h1-8,10-11H,9H2,(H,20,22). The van der Waals surface area contributed by atoms with Gasteiger partial charge in [-0.15, -0.1) is 10.2 Å². The molecule has 0 spiro atoms. The number of hydrogen-bond donors (Lipinski definition) is 1. The van der Waals surface area contributed by atoms with E-state index in [0.29, 0.717) is 22.9 Å². The molecule has 2 aromatic carbocycles. The largest absolute Gasteiger partial charge is 0.488 e. The zero-order valence-corrected chi connectivity index (χ0v) is 12.8. The molecule has 1 amide bonds. The highest BCUT2D eigenvalue weighted by Gasteiger charge is 2.14. The second kappa shape index (κ2) is 6.93. The molecule has 23 heavy (non-hydrogen) atoms. The molecule has 0 aliphatic rings. The summed E-state index contributed by atoms with van der Waals surface area (Å²) in [6.45, 7) is 0.357. The van der Waals surface area contributed by atoms with E-state index in [1.807, 2.05) is 30.3 Å². The first kappa shape index (κ1) is 15.1. The predicted molar refractivity (Wildman–Crippen MR) is 85.9 cm³/mol. The maximum Gasteiger partial charge on any atom is 0.273 e. The van der Waals surface area contributed by atoms with Crippen molar-refractivity contribution >= 4 is 17.5 Å². The lowest BCUT2D eigenvalue weighted by Gasteiger charge is -2.12. The van der Waals surface area contributed by atoms with Gasteiger partial charge in [-0.05, 0) is 23.8 Å². The molecule has 116 valence electrons. The summed E-state index contributed by atoms with van der Waals surface area (Å²) < 4.78 is 7.11. The van der Waals surface area contributed by atoms with Crippen LogP contribution < -0.4 is 10.2 Å². The van der Waals surface area contributed by atoms with Crippen molar-refractivity contribution in [3.8, 4) is 5.75 Å². The number of nitrogens with zero attached hydrogens (tertiary/aromatic N) is 3. The Morgan fingerprint density at radius 1 is 1.13 bits per heavy atom. The first-order valence-electron chi connectivity index (χ1n) is 6.84. The SMILES string of the molecule is O=C(Nn1cnnc1)c1cc(Cl)ccc1OCc1ccccc1. The minimum absolute atomic E-state index is 0.335. The van der Waals surface area contributed by atoms with Crippen LogP contribution in [0.3, 0.4) is 0 Å². The molecule has 0 saturated heterocycles. The topological polar surface area (TPSA) is 69.0 Å². The van der Waals surface area contributed by atoms with Crippen LogP contribution in [0.2, 0.25) is 5.02 Å². The number of amides is 1. The minimum Gasteiger partial charge on any atom is -0.488 e. The van der Waals surface area contributed by atoms with Crippen LogP contribution in [0.5, 0.6) is 5.75 Å². The molecule has 0 radical (unpaired) electrons. The quantitative estimate of drug-likeness (QED) is 0.782. The van der Waals surface area contributed by atoms with Crippen molar-refractivity contribution < 1.29 is 9.53 Å². The van der Waals surface area contributed by atoms with Gasteiger partial charge in [-0.2, -0.15) is 0 Å². The van der Waals surface area contributed by atoms with Gasteiger partial charge in [0.05, 0.1) is 5.56 Å². The van der Waals surface area contributed by atoms with Crippen molar-refractivity contribution in [2.24, 2.45) is 0 Å². The molecule has 0 unspecified atom stereocenters. The third-order valence-corrected chi connectivity index (χ3v) is 3.31. The molecule has 1 aromatic heterocycles. The first-order valence-corrected chi connectivity index (χ1v) is 7.22. The van der Waals surface area contributed by atoms with Crippen molar-refractivity contribution in [3.63, 3.8) is 0 Å². The monoisotopic (exact) mass is 328 g/mol. The van der Waals surface area contributed by atoms with Gasteiger partial charge in [0.15, 0.2) is 0 Å². The average Bonchev–Trinajstić information content (AvgIpc) is 3.07. The van der Waals surface area contributed by atoms with Crippen molar-refractivity contribution in [2.45, 2.75) is 6.61 Å². The summed E-state index contributed by atoms with van der Waals surface area (Å²) in [5, 5.41) is 7.70. The molecule has 1 N–H and O–H groups in total. The van der Waals surface area contributed by atoms with E-state index in [1.165, 1.54) is 17.3 Å². The third-order valence-electron chi connectivity index (χ3n) is 3.07. The molecule has 0 aliphatic carbocycles. The summed E-state index contributed by atoms with van der Waals surface area (Å²) in [6, 6.07) is 14.6. The fourth-order valence-electron chi connectivity index (χ4n) is 1.98. The van der Waals surface area contributed by atoms with Crippen LogP contribution in [0.15, 0.2) is 61.2 Å². The van der Waals surface area contributed by atoms with E-state index in [-0.39, 0.29) is 5.91 Å². The van der Waals surface area contributed by atoms with Crippen LogP contribution in [0.1, 0.15) is 15.9 Å². The van der Waals surface area contributed by atoms with E-state index in [9.17, 15) is 4.79 Å². The van der Waals surface area contributed by atoms with Gasteiger partial charge in [0.25, 0.3) is 5.91 Å². The molecule has 3 rings (SSSR count). The molecular weight excluding hydrogens is 316 g/mol. The molecule has 1 heterocycles. The van der Waals surface area contributed by atoms with Crippen LogP contribution in [-0.2, 0) is 6.61 Å². The normalized spacial score (nSPS) is 10.3. The Hall–Kier alpha value is -2.86. The van der Waals surface area contributed by atoms with E-state index < -0.39 is 0 Å². The van der Waals surface area contributed by atoms with Crippen molar-refractivity contribution in [2.75, 3.05) is 5.43 Å². The number of hydrogen-bond acceptors (Lipinski definition) is 4. The summed E-state index contributed by atoms with van der Waals surface area (Å²) in [7, 11) is 0. The Bertz CT molecular complexity index is 791. The van der Waals surface area contributed by atoms with Crippen molar-refractivity contribution in [1.29, 1.82) is 0 Å². The molecule has 0 atom stereocenters. The summed E-state index contributed by atoms with van der Waals surface area (Å²) >= 11 is 5.99. The van der Waals surface area contributed by atoms with Crippen molar-refractivity contribution in [3.05, 3.63) is 77.3 Å². The van der Waals surface area contributed by atoms with Crippen LogP contribution >= 0.6 is 11.6 Å². The van der Waals surface area contributed by atoms with Gasteiger partial charge in [-0.3, -0.25) is 10.2 Å². The third kappa shape index (κ3) is 3.87. The molecule has 3 aromatic rings. The number of halogens is 1. The van der Waals surface area contributed by atoms with E-state index in [4.69, 9.17) is 16.3 Å². The Balaban J connectivity index is 1.78. The van der Waals surface area contributed by atoms with Gasteiger partial charge in [0.2, 0.25) is 0 Å². The number of rotatable bonds is 5. The maximum absolute atomic E-state index is 12.4. The molecule has 0 aliphatic heterocycles. The summed E-state index contributed by atoms with van der Waals surface area (Å²) in [4.78, 5) is 12.4. The minimum atomic E-state index is -0.365. The zero-order valence-electron chi connectivity index (χ0n) is 12.0. The number of aromatic nitrogens is 3. The maximum atomic E-state index is 12.4. The lowest BCUT2D eigenvalue weighted by atomic mass is 10.2. The number of ether oxygens (including phenoxy) is 1. The number of carbonyl (C=O) groups is 1. The van der Waals surface area contributed by atoms with Crippen LogP contribution in [-0.4, -0.2) is 20.8 Å². The predicted octanol–water partition coefficient (Wildman–Crippen LogP) is 2.89. The number of nitrogens with one attached hydrogen (secondary N) is 1. The number of carbonyl (C=O) groups excluding carboxylic acids is 1. The van der Waals surface area contributed by atoms with E-state index in [1.54, 1.807) is 18.2 Å². The zero-order chi connectivity index (χ0) is 16.1. The highest BCUT2D eigenvalue weighted by atomic mass is 35.5. The van der Waals surface area contributed by atoms with Crippen LogP contribution in [0.4, 0.5) is 0 Å². The Kier molecular flexibility index (Phi) is 4.54. The van der Waals surface area contributed by atoms with E-state index in [2.05, 4.69) is 15.6 Å². The highest BCUT2D eigenvalue weighted by molar-refractivity contribution is 6.31. The van der Waals surface area contributed by atoms with Crippen molar-refractivity contribution in [1.82, 2.24) is 14.9 Å². The molecular formula is C16H13ClN4O2. The lowest BCUT2D eigenvalue weighted by molar-refractivity contribution is 0.100. The highest BCUT2D eigenvalue weighted by Crippen LogP contribution is 2.24. The fraction of sp³-hybridized carbons (Fsp3) is 0.0625. The summed E-state index contributed by atoms with van der Waals surface area (Å²) in [6.07, 6.45) is 2.76. The first-order chi connectivity index (χ1) is 11.2. The summed E-state index contributed by atoms with van der Waals surface area (Å²) in [5.41, 5.74) is 3.96. The van der Waals surface area contributed by atoms with Gasteiger partial charge in [0, 0.05) is 5.02 Å². The van der Waals surface area contributed by atoms with Gasteiger partial charge in [-0.25, -0.2) is 4.68 Å². The molecule has 7 heteroatoms. The molecule has 0 bridgehead atoms. The van der Waals surface area contributed by atoms with Crippen LogP contribution in [0, 0.1) is 0 Å². The van der Waals surface area contributed by atoms with Gasteiger partial charge in [0.1, 0.15) is 25.0 Å². The van der Waals surface area contributed by atoms with Gasteiger partial charge < -0.3 is 4.74 Å². The van der Waals surface area contributed by atoms with Gasteiger partial charge in [-0.1, -0.05) is 41.9 Å². The lowest BCUT2D eigenvalue weighted by Crippen LogP contribution is -2.22. The number of benzene rings is 2. The Labute approximate surface area is 137 Å². The Morgan fingerprint density at radius 2 is 1.87 bits per heavy atom.